The van der Waals surface area contributed by atoms with Crippen LogP contribution in [0.2, 0.25) is 5.02 Å². The number of fused-ring (bicyclic) bond motifs is 1. The molecule has 0 aliphatic carbocycles. The lowest BCUT2D eigenvalue weighted by molar-refractivity contribution is 1.45. The van der Waals surface area contributed by atoms with Gasteiger partial charge in [-0.1, -0.05) is 23.7 Å². The van der Waals surface area contributed by atoms with E-state index in [1.165, 1.54) is 0 Å². The Bertz CT molecular complexity index is 753. The van der Waals surface area contributed by atoms with Gasteiger partial charge in [-0.05, 0) is 30.7 Å². The molecule has 96 valence electrons. The minimum Gasteiger partial charge on any atom is -0.397 e. The lowest BCUT2D eigenvalue weighted by atomic mass is 10.1. The van der Waals surface area contributed by atoms with Crippen molar-refractivity contribution in [2.24, 2.45) is 0 Å². The fraction of sp³-hybridized carbons (Fsp3) is 0.0769. The van der Waals surface area contributed by atoms with Gasteiger partial charge in [0.1, 0.15) is 11.0 Å². The number of nitrogen functional groups attached to an aromatic ring is 1. The van der Waals surface area contributed by atoms with Crippen LogP contribution in [0.5, 0.6) is 0 Å². The molecule has 0 saturated heterocycles. The summed E-state index contributed by atoms with van der Waals surface area (Å²) in [6.07, 6.45) is 0. The number of para-hydroxylation sites is 1. The molecule has 0 radical (unpaired) electrons. The molecular formula is C13H11ClN4S. The van der Waals surface area contributed by atoms with Crippen molar-refractivity contribution in [1.29, 1.82) is 0 Å². The summed E-state index contributed by atoms with van der Waals surface area (Å²) in [5.74, 6) is 0. The van der Waals surface area contributed by atoms with Crippen LogP contribution in [0, 0.1) is 6.92 Å². The minimum absolute atomic E-state index is 0.598. The first kappa shape index (κ1) is 12.2. The summed E-state index contributed by atoms with van der Waals surface area (Å²) < 4.78 is 8.47. The predicted octanol–water partition coefficient (Wildman–Crippen LogP) is 3.98. The molecule has 3 N–H and O–H groups in total. The maximum atomic E-state index is 6.24. The van der Waals surface area contributed by atoms with Gasteiger partial charge >= 0.3 is 0 Å². The third-order valence-corrected chi connectivity index (χ3v) is 3.82. The zero-order valence-electron chi connectivity index (χ0n) is 10.1. The summed E-state index contributed by atoms with van der Waals surface area (Å²) in [5.41, 5.74) is 10.9. The van der Waals surface area contributed by atoms with Gasteiger partial charge in [-0.25, -0.2) is 0 Å². The molecule has 2 aromatic carbocycles. The summed E-state index contributed by atoms with van der Waals surface area (Å²) in [4.78, 5) is 0. The Morgan fingerprint density at radius 2 is 2.05 bits per heavy atom. The molecule has 0 saturated carbocycles. The molecule has 1 aromatic heterocycles. The summed E-state index contributed by atoms with van der Waals surface area (Å²) in [7, 11) is 0. The summed E-state index contributed by atoms with van der Waals surface area (Å²) >= 11 is 7.40. The van der Waals surface area contributed by atoms with Gasteiger partial charge in [0.25, 0.3) is 0 Å². The number of nitrogens with two attached hydrogens (primary N) is 1. The third-order valence-electron chi connectivity index (χ3n) is 2.96. The standard InChI is InChI=1S/C13H11ClN4S/c1-7-3-2-4-9(11(7)15)16-12-8(14)5-6-10-13(12)18-19-17-10/h2-6,16H,15H2,1H3. The van der Waals surface area contributed by atoms with E-state index in [-0.39, 0.29) is 0 Å². The van der Waals surface area contributed by atoms with E-state index in [2.05, 4.69) is 14.1 Å². The molecular weight excluding hydrogens is 280 g/mol. The average Bonchev–Trinajstić information content (AvgIpc) is 2.86. The highest BCUT2D eigenvalue weighted by molar-refractivity contribution is 7.00. The fourth-order valence-corrected chi connectivity index (χ4v) is 2.61. The van der Waals surface area contributed by atoms with Crippen LogP contribution in [-0.4, -0.2) is 8.75 Å². The van der Waals surface area contributed by atoms with Crippen LogP contribution in [0.1, 0.15) is 5.56 Å². The molecule has 0 fully saturated rings. The molecule has 0 aliphatic heterocycles. The molecule has 6 heteroatoms. The van der Waals surface area contributed by atoms with Crippen LogP contribution < -0.4 is 11.1 Å². The summed E-state index contributed by atoms with van der Waals surface area (Å²) in [5, 5.41) is 3.86. The Morgan fingerprint density at radius 1 is 1.21 bits per heavy atom. The number of anilines is 3. The van der Waals surface area contributed by atoms with Crippen molar-refractivity contribution < 1.29 is 0 Å². The number of benzene rings is 2. The fourth-order valence-electron chi connectivity index (χ4n) is 1.87. The number of rotatable bonds is 2. The van der Waals surface area contributed by atoms with E-state index in [9.17, 15) is 0 Å². The normalized spacial score (nSPS) is 10.8. The lowest BCUT2D eigenvalue weighted by Crippen LogP contribution is -1.99. The van der Waals surface area contributed by atoms with Crippen LogP contribution >= 0.6 is 23.3 Å². The number of hydrogen-bond donors (Lipinski definition) is 2. The second-order valence-electron chi connectivity index (χ2n) is 4.22. The SMILES string of the molecule is Cc1cccc(Nc2c(Cl)ccc3nsnc23)c1N. The van der Waals surface area contributed by atoms with E-state index < -0.39 is 0 Å². The molecule has 0 atom stereocenters. The Morgan fingerprint density at radius 3 is 2.89 bits per heavy atom. The zero-order valence-corrected chi connectivity index (χ0v) is 11.7. The second kappa shape index (κ2) is 4.68. The Labute approximate surface area is 119 Å². The van der Waals surface area contributed by atoms with Crippen molar-refractivity contribution in [2.45, 2.75) is 6.92 Å². The molecule has 4 nitrogen and oxygen atoms in total. The Hall–Kier alpha value is -1.85. The monoisotopic (exact) mass is 290 g/mol. The highest BCUT2D eigenvalue weighted by Gasteiger charge is 2.11. The maximum Gasteiger partial charge on any atom is 0.129 e. The smallest absolute Gasteiger partial charge is 0.129 e. The number of hydrogen-bond acceptors (Lipinski definition) is 5. The van der Waals surface area contributed by atoms with Crippen LogP contribution in [0.3, 0.4) is 0 Å². The second-order valence-corrected chi connectivity index (χ2v) is 5.15. The van der Waals surface area contributed by atoms with Crippen LogP contribution in [0.25, 0.3) is 11.0 Å². The molecule has 1 heterocycles. The van der Waals surface area contributed by atoms with Gasteiger partial charge in [0.05, 0.1) is 33.8 Å². The van der Waals surface area contributed by atoms with Crippen LogP contribution in [0.15, 0.2) is 30.3 Å². The van der Waals surface area contributed by atoms with Gasteiger partial charge in [-0.3, -0.25) is 0 Å². The highest BCUT2D eigenvalue weighted by atomic mass is 35.5. The largest absolute Gasteiger partial charge is 0.397 e. The van der Waals surface area contributed by atoms with Crippen molar-refractivity contribution in [3.63, 3.8) is 0 Å². The van der Waals surface area contributed by atoms with E-state index in [0.717, 1.165) is 39.7 Å². The number of nitrogens with zero attached hydrogens (tertiary/aromatic N) is 2. The van der Waals surface area contributed by atoms with Crippen molar-refractivity contribution in [3.05, 3.63) is 40.9 Å². The predicted molar refractivity (Wildman–Crippen MR) is 81.3 cm³/mol. The Kier molecular flexibility index (Phi) is 3.00. The third kappa shape index (κ3) is 2.11. The van der Waals surface area contributed by atoms with Gasteiger partial charge in [0.2, 0.25) is 0 Å². The van der Waals surface area contributed by atoms with Crippen molar-refractivity contribution >= 4 is 51.4 Å². The van der Waals surface area contributed by atoms with E-state index in [0.29, 0.717) is 10.7 Å². The van der Waals surface area contributed by atoms with Gasteiger partial charge in [0.15, 0.2) is 0 Å². The van der Waals surface area contributed by atoms with Crippen molar-refractivity contribution in [3.8, 4) is 0 Å². The van der Waals surface area contributed by atoms with Gasteiger partial charge < -0.3 is 11.1 Å². The molecule has 3 rings (SSSR count). The molecule has 0 spiro atoms. The minimum atomic E-state index is 0.598. The lowest BCUT2D eigenvalue weighted by Gasteiger charge is -2.12. The first-order valence-electron chi connectivity index (χ1n) is 5.69. The van der Waals surface area contributed by atoms with Crippen LogP contribution in [0.4, 0.5) is 17.1 Å². The number of halogens is 1. The van der Waals surface area contributed by atoms with E-state index in [1.807, 2.05) is 31.2 Å². The Balaban J connectivity index is 2.13. The van der Waals surface area contributed by atoms with E-state index in [1.54, 1.807) is 6.07 Å². The molecule has 19 heavy (non-hydrogen) atoms. The summed E-state index contributed by atoms with van der Waals surface area (Å²) in [6, 6.07) is 9.48. The highest BCUT2D eigenvalue weighted by Crippen LogP contribution is 2.34. The maximum absolute atomic E-state index is 6.24. The topological polar surface area (TPSA) is 63.8 Å². The van der Waals surface area contributed by atoms with E-state index in [4.69, 9.17) is 17.3 Å². The number of aromatic nitrogens is 2. The molecule has 0 unspecified atom stereocenters. The first-order valence-corrected chi connectivity index (χ1v) is 6.80. The molecule has 0 aliphatic rings. The van der Waals surface area contributed by atoms with Gasteiger partial charge in [0, 0.05) is 0 Å². The van der Waals surface area contributed by atoms with E-state index >= 15 is 0 Å². The van der Waals surface area contributed by atoms with Crippen molar-refractivity contribution in [2.75, 3.05) is 11.1 Å². The number of nitrogens with one attached hydrogen (secondary N) is 1. The van der Waals surface area contributed by atoms with Crippen LogP contribution in [-0.2, 0) is 0 Å². The van der Waals surface area contributed by atoms with Crippen molar-refractivity contribution in [1.82, 2.24) is 8.75 Å². The quantitative estimate of drug-likeness (QED) is 0.701. The molecule has 0 amide bonds. The molecule has 0 bridgehead atoms. The average molecular weight is 291 g/mol. The molecule has 3 aromatic rings. The zero-order chi connectivity index (χ0) is 13.4. The first-order chi connectivity index (χ1) is 9.16. The number of aryl methyl sites for hydroxylation is 1. The summed E-state index contributed by atoms with van der Waals surface area (Å²) in [6.45, 7) is 1.97. The van der Waals surface area contributed by atoms with Gasteiger partial charge in [-0.2, -0.15) is 8.75 Å². The van der Waals surface area contributed by atoms with Gasteiger partial charge in [-0.15, -0.1) is 0 Å².